The van der Waals surface area contributed by atoms with E-state index in [0.717, 1.165) is 13.2 Å². The molecule has 0 saturated carbocycles. The van der Waals surface area contributed by atoms with E-state index in [1.165, 1.54) is 6.92 Å². The first-order chi connectivity index (χ1) is 4.57. The Morgan fingerprint density at radius 1 is 1.50 bits per heavy atom. The number of carbonyl (C=O) groups excluding carboxylic acids is 2. The van der Waals surface area contributed by atoms with Crippen molar-refractivity contribution < 1.29 is 19.4 Å². The SMILES string of the molecule is COC(=O)C(O)=CC(C)=O. The number of carbonyl (C=O) groups is 2. The first-order valence-corrected chi connectivity index (χ1v) is 2.57. The molecule has 1 N–H and O–H groups in total. The van der Waals surface area contributed by atoms with E-state index in [-0.39, 0.29) is 0 Å². The van der Waals surface area contributed by atoms with Gasteiger partial charge in [-0.2, -0.15) is 0 Å². The van der Waals surface area contributed by atoms with E-state index in [4.69, 9.17) is 5.11 Å². The number of ether oxygens (including phenoxy) is 1. The van der Waals surface area contributed by atoms with Gasteiger partial charge in [-0.15, -0.1) is 0 Å². The summed E-state index contributed by atoms with van der Waals surface area (Å²) in [5.74, 6) is -1.98. The van der Waals surface area contributed by atoms with Crippen molar-refractivity contribution in [2.45, 2.75) is 6.92 Å². The minimum absolute atomic E-state index is 0.400. The third-order valence-electron chi connectivity index (χ3n) is 0.735. The highest BCUT2D eigenvalue weighted by atomic mass is 16.5. The molecule has 4 nitrogen and oxygen atoms in total. The number of methoxy groups -OCH3 is 1. The molecular weight excluding hydrogens is 136 g/mol. The van der Waals surface area contributed by atoms with Crippen LogP contribution in [0.5, 0.6) is 0 Å². The number of ketones is 1. The first kappa shape index (κ1) is 8.68. The summed E-state index contributed by atoms with van der Waals surface area (Å²) in [6, 6.07) is 0. The lowest BCUT2D eigenvalue weighted by molar-refractivity contribution is -0.139. The van der Waals surface area contributed by atoms with E-state index < -0.39 is 17.5 Å². The number of hydrogen-bond donors (Lipinski definition) is 1. The maximum Gasteiger partial charge on any atom is 0.373 e. The minimum atomic E-state index is -0.907. The fourth-order valence-electron chi connectivity index (χ4n) is 0.356. The third kappa shape index (κ3) is 2.86. The number of hydrogen-bond acceptors (Lipinski definition) is 4. The number of allylic oxidation sites excluding steroid dienone is 1. The molecule has 0 fully saturated rings. The molecule has 10 heavy (non-hydrogen) atoms. The van der Waals surface area contributed by atoms with Crippen LogP contribution in [0.2, 0.25) is 0 Å². The zero-order valence-electron chi connectivity index (χ0n) is 5.75. The normalized spacial score (nSPS) is 10.8. The summed E-state index contributed by atoms with van der Waals surface area (Å²) in [6.45, 7) is 1.22. The molecule has 0 aliphatic carbocycles. The van der Waals surface area contributed by atoms with Crippen molar-refractivity contribution in [1.82, 2.24) is 0 Å². The second kappa shape index (κ2) is 3.66. The predicted octanol–water partition coefficient (Wildman–Crippen LogP) is 0.190. The predicted molar refractivity (Wildman–Crippen MR) is 33.4 cm³/mol. The second-order valence-corrected chi connectivity index (χ2v) is 1.63. The summed E-state index contributed by atoms with van der Waals surface area (Å²) in [5.41, 5.74) is 0. The van der Waals surface area contributed by atoms with Crippen LogP contribution >= 0.6 is 0 Å². The summed E-state index contributed by atoms with van der Waals surface area (Å²) in [5, 5.41) is 8.65. The molecule has 0 aromatic carbocycles. The Labute approximate surface area is 58.1 Å². The lowest BCUT2D eigenvalue weighted by Crippen LogP contribution is -2.05. The van der Waals surface area contributed by atoms with Gasteiger partial charge >= 0.3 is 5.97 Å². The summed E-state index contributed by atoms with van der Waals surface area (Å²) in [4.78, 5) is 20.6. The smallest absolute Gasteiger partial charge is 0.373 e. The Morgan fingerprint density at radius 3 is 2.30 bits per heavy atom. The van der Waals surface area contributed by atoms with Crippen LogP contribution in [-0.2, 0) is 14.3 Å². The Bertz CT molecular complexity index is 180. The molecule has 0 rings (SSSR count). The highest BCUT2D eigenvalue weighted by Crippen LogP contribution is 1.90. The van der Waals surface area contributed by atoms with Crippen molar-refractivity contribution >= 4 is 11.8 Å². The van der Waals surface area contributed by atoms with Gasteiger partial charge in [-0.3, -0.25) is 4.79 Å². The topological polar surface area (TPSA) is 63.6 Å². The fraction of sp³-hybridized carbons (Fsp3) is 0.333. The zero-order valence-corrected chi connectivity index (χ0v) is 5.75. The monoisotopic (exact) mass is 144 g/mol. The maximum atomic E-state index is 10.4. The van der Waals surface area contributed by atoms with Crippen LogP contribution in [-0.4, -0.2) is 24.0 Å². The lowest BCUT2D eigenvalue weighted by atomic mass is 10.3. The van der Waals surface area contributed by atoms with Crippen molar-refractivity contribution in [3.05, 3.63) is 11.8 Å². The van der Waals surface area contributed by atoms with E-state index >= 15 is 0 Å². The van der Waals surface area contributed by atoms with Gasteiger partial charge in [0.1, 0.15) is 0 Å². The van der Waals surface area contributed by atoms with Crippen LogP contribution < -0.4 is 0 Å². The molecule has 56 valence electrons. The molecule has 0 radical (unpaired) electrons. The Morgan fingerprint density at radius 2 is 2.00 bits per heavy atom. The molecule has 0 unspecified atom stereocenters. The zero-order chi connectivity index (χ0) is 8.15. The van der Waals surface area contributed by atoms with E-state index in [9.17, 15) is 9.59 Å². The molecule has 0 aromatic heterocycles. The number of aliphatic hydroxyl groups is 1. The third-order valence-corrected chi connectivity index (χ3v) is 0.735. The van der Waals surface area contributed by atoms with Crippen LogP contribution in [0.3, 0.4) is 0 Å². The van der Waals surface area contributed by atoms with Crippen LogP contribution in [0.1, 0.15) is 6.92 Å². The Kier molecular flexibility index (Phi) is 3.17. The molecule has 0 spiro atoms. The molecule has 0 aliphatic heterocycles. The van der Waals surface area contributed by atoms with E-state index in [1.807, 2.05) is 0 Å². The summed E-state index contributed by atoms with van der Waals surface area (Å²) < 4.78 is 4.10. The van der Waals surface area contributed by atoms with Gasteiger partial charge in [0, 0.05) is 6.08 Å². The maximum absolute atomic E-state index is 10.4. The molecule has 0 amide bonds. The van der Waals surface area contributed by atoms with Gasteiger partial charge in [0.05, 0.1) is 7.11 Å². The van der Waals surface area contributed by atoms with Crippen molar-refractivity contribution in [2.24, 2.45) is 0 Å². The van der Waals surface area contributed by atoms with Gasteiger partial charge in [-0.25, -0.2) is 4.79 Å². The quantitative estimate of drug-likeness (QED) is 0.341. The first-order valence-electron chi connectivity index (χ1n) is 2.57. The largest absolute Gasteiger partial charge is 0.502 e. The number of rotatable bonds is 2. The van der Waals surface area contributed by atoms with Gasteiger partial charge in [0.2, 0.25) is 5.76 Å². The van der Waals surface area contributed by atoms with Gasteiger partial charge in [-0.1, -0.05) is 0 Å². The lowest BCUT2D eigenvalue weighted by Gasteiger charge is -1.93. The molecule has 0 heterocycles. The van der Waals surface area contributed by atoms with Crippen LogP contribution in [0.25, 0.3) is 0 Å². The number of esters is 1. The fourth-order valence-corrected chi connectivity index (χ4v) is 0.356. The van der Waals surface area contributed by atoms with Gasteiger partial charge in [0.15, 0.2) is 5.78 Å². The average molecular weight is 144 g/mol. The van der Waals surface area contributed by atoms with Crippen molar-refractivity contribution in [3.8, 4) is 0 Å². The van der Waals surface area contributed by atoms with Crippen LogP contribution in [0.15, 0.2) is 11.8 Å². The number of aliphatic hydroxyl groups excluding tert-OH is 1. The molecule has 0 aliphatic rings. The highest BCUT2D eigenvalue weighted by molar-refractivity contribution is 5.96. The molecule has 0 saturated heterocycles. The molecular formula is C6H8O4. The van der Waals surface area contributed by atoms with E-state index in [1.54, 1.807) is 0 Å². The van der Waals surface area contributed by atoms with Crippen molar-refractivity contribution in [3.63, 3.8) is 0 Å². The Hall–Kier alpha value is -1.32. The molecule has 4 heteroatoms. The second-order valence-electron chi connectivity index (χ2n) is 1.63. The summed E-state index contributed by atoms with van der Waals surface area (Å²) in [7, 11) is 1.12. The highest BCUT2D eigenvalue weighted by Gasteiger charge is 2.06. The van der Waals surface area contributed by atoms with Gasteiger partial charge in [-0.05, 0) is 6.92 Å². The summed E-state index contributed by atoms with van der Waals surface area (Å²) in [6.07, 6.45) is 0.797. The van der Waals surface area contributed by atoms with Crippen molar-refractivity contribution in [1.29, 1.82) is 0 Å². The standard InChI is InChI=1S/C6H8O4/c1-4(7)3-5(8)6(9)10-2/h3,8H,1-2H3. The van der Waals surface area contributed by atoms with Crippen molar-refractivity contribution in [2.75, 3.05) is 7.11 Å². The van der Waals surface area contributed by atoms with E-state index in [2.05, 4.69) is 4.74 Å². The van der Waals surface area contributed by atoms with Gasteiger partial charge < -0.3 is 9.84 Å². The van der Waals surface area contributed by atoms with E-state index in [0.29, 0.717) is 0 Å². The van der Waals surface area contributed by atoms with Gasteiger partial charge in [0.25, 0.3) is 0 Å². The average Bonchev–Trinajstić information content (AvgIpc) is 1.85. The minimum Gasteiger partial charge on any atom is -0.502 e. The molecule has 0 bridgehead atoms. The molecule has 0 aromatic rings. The molecule has 0 atom stereocenters. The Balaban J connectivity index is 4.19. The van der Waals surface area contributed by atoms with Crippen LogP contribution in [0, 0.1) is 0 Å². The summed E-state index contributed by atoms with van der Waals surface area (Å²) >= 11 is 0. The van der Waals surface area contributed by atoms with Crippen LogP contribution in [0.4, 0.5) is 0 Å².